The van der Waals surface area contributed by atoms with E-state index in [1.54, 1.807) is 23.4 Å². The number of hydrogen-bond donors (Lipinski definition) is 0. The zero-order valence-electron chi connectivity index (χ0n) is 25.0. The molecule has 2 heterocycles. The summed E-state index contributed by atoms with van der Waals surface area (Å²) in [4.78, 5) is 15.7. The number of methoxy groups -OCH3 is 1. The monoisotopic (exact) mass is 606 g/mol. The van der Waals surface area contributed by atoms with Crippen LogP contribution in [0.4, 0.5) is 4.39 Å². The van der Waals surface area contributed by atoms with Crippen LogP contribution < -0.4 is 14.2 Å². The molecule has 232 valence electrons. The van der Waals surface area contributed by atoms with Crippen molar-refractivity contribution in [1.29, 1.82) is 0 Å². The van der Waals surface area contributed by atoms with Gasteiger partial charge in [0.2, 0.25) is 16.8 Å². The Morgan fingerprint density at radius 3 is 2.48 bits per heavy atom. The van der Waals surface area contributed by atoms with E-state index in [9.17, 15) is 13.2 Å². The van der Waals surface area contributed by atoms with E-state index in [1.807, 2.05) is 32.0 Å². The Labute approximate surface area is 248 Å². The normalized spacial score (nSPS) is 20.3. The summed E-state index contributed by atoms with van der Waals surface area (Å²) < 4.78 is 64.9. The molecule has 0 spiro atoms. The van der Waals surface area contributed by atoms with Crippen molar-refractivity contribution in [1.82, 2.24) is 9.21 Å². The van der Waals surface area contributed by atoms with Gasteiger partial charge in [-0.05, 0) is 55.2 Å². The van der Waals surface area contributed by atoms with Crippen LogP contribution >= 0.6 is 0 Å². The number of hydrogen-bond acceptors (Lipinski definition) is 8. The van der Waals surface area contributed by atoms with Crippen LogP contribution in [0.5, 0.6) is 17.2 Å². The third-order valence-corrected chi connectivity index (χ3v) is 9.96. The van der Waals surface area contributed by atoms with Gasteiger partial charge < -0.3 is 18.9 Å². The summed E-state index contributed by atoms with van der Waals surface area (Å²) in [6.45, 7) is 7.58. The predicted molar refractivity (Wildman–Crippen MR) is 158 cm³/mol. The Morgan fingerprint density at radius 2 is 1.79 bits per heavy atom. The number of carbonyl (C=O) groups excluding carboxylic acids is 1. The second-order valence-corrected chi connectivity index (χ2v) is 12.8. The van der Waals surface area contributed by atoms with Gasteiger partial charge in [-0.3, -0.25) is 9.69 Å². The second kappa shape index (κ2) is 14.5. The van der Waals surface area contributed by atoms with E-state index in [0.717, 1.165) is 18.4 Å². The van der Waals surface area contributed by atoms with Gasteiger partial charge >= 0.3 is 5.97 Å². The fourth-order valence-corrected chi connectivity index (χ4v) is 7.62. The molecule has 2 aliphatic rings. The van der Waals surface area contributed by atoms with E-state index in [2.05, 4.69) is 4.90 Å². The summed E-state index contributed by atoms with van der Waals surface area (Å²) in [7, 11) is -2.05. The largest absolute Gasteiger partial charge is 0.494 e. The molecule has 4 rings (SSSR count). The molecule has 42 heavy (non-hydrogen) atoms. The maximum Gasteiger partial charge on any atom is 0.311 e. The van der Waals surface area contributed by atoms with Crippen LogP contribution in [0.25, 0.3) is 0 Å². The molecule has 1 fully saturated rings. The lowest BCUT2D eigenvalue weighted by molar-refractivity contribution is -0.149. The van der Waals surface area contributed by atoms with E-state index in [4.69, 9.17) is 18.9 Å². The zero-order chi connectivity index (χ0) is 30.3. The molecule has 0 aromatic heterocycles. The fourth-order valence-electron chi connectivity index (χ4n) is 5.97. The summed E-state index contributed by atoms with van der Waals surface area (Å²) >= 11 is 0. The zero-order valence-corrected chi connectivity index (χ0v) is 25.8. The Balaban J connectivity index is 1.71. The molecule has 1 saturated heterocycles. The number of sulfonamides is 1. The number of fused-ring (bicyclic) bond motifs is 1. The first-order valence-corrected chi connectivity index (χ1v) is 16.5. The first-order valence-electron chi connectivity index (χ1n) is 14.8. The van der Waals surface area contributed by atoms with Crippen molar-refractivity contribution >= 4 is 16.0 Å². The van der Waals surface area contributed by atoms with Gasteiger partial charge in [-0.1, -0.05) is 38.8 Å². The van der Waals surface area contributed by atoms with E-state index in [0.29, 0.717) is 49.5 Å². The number of benzene rings is 2. The van der Waals surface area contributed by atoms with Gasteiger partial charge in [0.15, 0.2) is 23.1 Å². The van der Waals surface area contributed by atoms with Gasteiger partial charge in [0, 0.05) is 38.1 Å². The van der Waals surface area contributed by atoms with Crippen molar-refractivity contribution in [3.05, 3.63) is 53.3 Å². The molecule has 9 nitrogen and oxygen atoms in total. The van der Waals surface area contributed by atoms with Crippen molar-refractivity contribution in [3.63, 3.8) is 0 Å². The summed E-state index contributed by atoms with van der Waals surface area (Å²) in [5.41, 5.74) is 1.47. The highest BCUT2D eigenvalue weighted by molar-refractivity contribution is 7.89. The van der Waals surface area contributed by atoms with Crippen molar-refractivity contribution in [2.24, 2.45) is 5.92 Å². The topological polar surface area (TPSA) is 94.6 Å². The van der Waals surface area contributed by atoms with Gasteiger partial charge in [-0.2, -0.15) is 0 Å². The molecule has 0 saturated carbocycles. The molecule has 3 atom stereocenters. The van der Waals surface area contributed by atoms with Crippen LogP contribution in [0.3, 0.4) is 0 Å². The predicted octanol–water partition coefficient (Wildman–Crippen LogP) is 5.11. The maximum atomic E-state index is 15.0. The average molecular weight is 607 g/mol. The second-order valence-electron chi connectivity index (χ2n) is 10.8. The number of halogens is 1. The smallest absolute Gasteiger partial charge is 0.311 e. The lowest BCUT2D eigenvalue weighted by atomic mass is 9.82. The molecule has 11 heteroatoms. The van der Waals surface area contributed by atoms with Crippen molar-refractivity contribution in [2.75, 3.05) is 52.4 Å². The number of carbonyl (C=O) groups is 1. The highest BCUT2D eigenvalue weighted by atomic mass is 32.2. The number of unbranched alkanes of at least 4 members (excludes halogenated alkanes) is 2. The third kappa shape index (κ3) is 7.18. The molecule has 0 bridgehead atoms. The van der Waals surface area contributed by atoms with Crippen LogP contribution in [0.1, 0.15) is 69.5 Å². The maximum absolute atomic E-state index is 15.0. The highest BCUT2D eigenvalue weighted by Gasteiger charge is 2.48. The van der Waals surface area contributed by atoms with Crippen LogP contribution in [0, 0.1) is 11.7 Å². The molecule has 0 amide bonds. The molecule has 0 radical (unpaired) electrons. The Bertz CT molecular complexity index is 1320. The standard InChI is InChI=1S/C31H43FN2O7S/c1-5-8-9-17-42(36,37)34(14-6-2)16-15-33-20-24(22-10-13-27-28(19-22)41-21-40-27)29(31(35)39-7-3)30(33)23-11-12-26(38-4)25(32)18-23/h10-13,18-19,24,29-30H,5-9,14-17,20-21H2,1-4H3/t24-,29-,30+/m1/s1. The highest BCUT2D eigenvalue weighted by Crippen LogP contribution is 2.48. The first-order chi connectivity index (χ1) is 20.2. The minimum absolute atomic E-state index is 0.107. The molecule has 0 aliphatic carbocycles. The fraction of sp³-hybridized carbons (Fsp3) is 0.581. The van der Waals surface area contributed by atoms with Gasteiger partial charge in [0.25, 0.3) is 0 Å². The Hall–Kier alpha value is -2.89. The van der Waals surface area contributed by atoms with Crippen LogP contribution in [0.15, 0.2) is 36.4 Å². The molecule has 2 aromatic rings. The van der Waals surface area contributed by atoms with Gasteiger partial charge in [-0.25, -0.2) is 17.1 Å². The van der Waals surface area contributed by atoms with E-state index >= 15 is 4.39 Å². The summed E-state index contributed by atoms with van der Waals surface area (Å²) in [5, 5.41) is 0. The van der Waals surface area contributed by atoms with Crippen molar-refractivity contribution in [3.8, 4) is 17.2 Å². The molecular formula is C31H43FN2O7S. The van der Waals surface area contributed by atoms with Gasteiger partial charge in [0.05, 0.1) is 25.4 Å². The summed E-state index contributed by atoms with van der Waals surface area (Å²) in [6, 6.07) is 9.80. The number of ether oxygens (including phenoxy) is 4. The van der Waals surface area contributed by atoms with Crippen LogP contribution in [-0.4, -0.2) is 76.0 Å². The molecule has 0 N–H and O–H groups in total. The molecule has 0 unspecified atom stereocenters. The number of likely N-dealkylation sites (tertiary alicyclic amines) is 1. The third-order valence-electron chi connectivity index (χ3n) is 8.01. The molecule has 2 aromatic carbocycles. The number of esters is 1. The Kier molecular flexibility index (Phi) is 11.1. The molecular weight excluding hydrogens is 563 g/mol. The van der Waals surface area contributed by atoms with Crippen LogP contribution in [-0.2, 0) is 19.6 Å². The minimum Gasteiger partial charge on any atom is -0.494 e. The van der Waals surface area contributed by atoms with Gasteiger partial charge in [0.1, 0.15) is 0 Å². The van der Waals surface area contributed by atoms with E-state index < -0.39 is 27.8 Å². The van der Waals surface area contributed by atoms with Crippen molar-refractivity contribution in [2.45, 2.75) is 58.4 Å². The number of nitrogens with zero attached hydrogens (tertiary/aromatic N) is 2. The van der Waals surface area contributed by atoms with E-state index in [-0.39, 0.29) is 43.3 Å². The Morgan fingerprint density at radius 1 is 1.02 bits per heavy atom. The number of rotatable bonds is 15. The lowest BCUT2D eigenvalue weighted by Crippen LogP contribution is -2.40. The molecule has 2 aliphatic heterocycles. The lowest BCUT2D eigenvalue weighted by Gasteiger charge is -2.30. The first kappa shape index (κ1) is 32.0. The quantitative estimate of drug-likeness (QED) is 0.204. The van der Waals surface area contributed by atoms with Crippen LogP contribution in [0.2, 0.25) is 0 Å². The summed E-state index contributed by atoms with van der Waals surface area (Å²) in [5.74, 6) is -0.439. The minimum atomic E-state index is -3.45. The van der Waals surface area contributed by atoms with Gasteiger partial charge in [-0.15, -0.1) is 0 Å². The summed E-state index contributed by atoms with van der Waals surface area (Å²) in [6.07, 6.45) is 3.10. The average Bonchev–Trinajstić information content (AvgIpc) is 3.59. The SMILES string of the molecule is CCCCCS(=O)(=O)N(CCC)CCN1C[C@H](c2ccc3c(c2)OCO3)[C@@H](C(=O)OCC)[C@@H]1c1ccc(OC)c(F)c1. The van der Waals surface area contributed by atoms with Crippen molar-refractivity contribution < 1.29 is 36.6 Å². The van der Waals surface area contributed by atoms with E-state index in [1.165, 1.54) is 13.2 Å².